The minimum atomic E-state index is -1.55. The Balaban J connectivity index is 2.90. The van der Waals surface area contributed by atoms with Gasteiger partial charge in [-0.05, 0) is 18.2 Å². The molecule has 0 aliphatic heterocycles. The number of amides is 1. The molecule has 0 aliphatic rings. The quantitative estimate of drug-likeness (QED) is 0.797. The van der Waals surface area contributed by atoms with E-state index in [0.717, 1.165) is 4.90 Å². The highest BCUT2D eigenvalue weighted by molar-refractivity contribution is 6.31. The largest absolute Gasteiger partial charge is 0.496 e. The Bertz CT molecular complexity index is 447. The molecule has 1 amide bonds. The van der Waals surface area contributed by atoms with Gasteiger partial charge >= 0.3 is 11.9 Å². The van der Waals surface area contributed by atoms with Crippen LogP contribution in [0.15, 0.2) is 18.2 Å². The number of ether oxygens (including phenoxy) is 1. The number of halogens is 1. The number of rotatable bonds is 3. The van der Waals surface area contributed by atoms with Crippen molar-refractivity contribution >= 4 is 11.9 Å². The first-order chi connectivity index (χ1) is 7.95. The predicted molar refractivity (Wildman–Crippen MR) is 57.1 cm³/mol. The van der Waals surface area contributed by atoms with Gasteiger partial charge in [-0.15, -0.1) is 0 Å². The molecule has 0 atom stereocenters. The van der Waals surface area contributed by atoms with Crippen LogP contribution < -0.4 is 4.74 Å². The molecular weight excluding hydrogens is 229 g/mol. The normalized spacial score (nSPS) is 9.82. The van der Waals surface area contributed by atoms with Crippen molar-refractivity contribution in [3.05, 3.63) is 29.6 Å². The van der Waals surface area contributed by atoms with Gasteiger partial charge in [0.15, 0.2) is 0 Å². The molecule has 0 radical (unpaired) electrons. The number of likely N-dealkylation sites (N-methyl/N-ethyl adjacent to an activating group) is 1. The van der Waals surface area contributed by atoms with Crippen LogP contribution in [0.4, 0.5) is 4.39 Å². The highest BCUT2D eigenvalue weighted by atomic mass is 19.1. The van der Waals surface area contributed by atoms with Crippen LogP contribution >= 0.6 is 0 Å². The summed E-state index contributed by atoms with van der Waals surface area (Å²) < 4.78 is 18.0. The van der Waals surface area contributed by atoms with Crippen LogP contribution in [0.1, 0.15) is 5.56 Å². The fraction of sp³-hybridized carbons (Fsp3) is 0.273. The molecule has 1 aromatic carbocycles. The number of carbonyl (C=O) groups excluding carboxylic acids is 1. The van der Waals surface area contributed by atoms with Crippen molar-refractivity contribution in [1.29, 1.82) is 0 Å². The third kappa shape index (κ3) is 3.17. The van der Waals surface area contributed by atoms with E-state index in [2.05, 4.69) is 0 Å². The lowest BCUT2D eigenvalue weighted by atomic mass is 10.2. The number of carboxylic acid groups (broad SMARTS) is 1. The Hall–Kier alpha value is -2.11. The average molecular weight is 241 g/mol. The third-order valence-corrected chi connectivity index (χ3v) is 2.18. The van der Waals surface area contributed by atoms with Gasteiger partial charge in [0, 0.05) is 19.2 Å². The molecular formula is C11H12FNO4. The Morgan fingerprint density at radius 2 is 2.12 bits per heavy atom. The van der Waals surface area contributed by atoms with E-state index in [9.17, 15) is 14.0 Å². The number of aliphatic carboxylic acids is 1. The molecule has 0 unspecified atom stereocenters. The maximum absolute atomic E-state index is 13.0. The van der Waals surface area contributed by atoms with Gasteiger partial charge in [0.2, 0.25) is 0 Å². The fourth-order valence-corrected chi connectivity index (χ4v) is 1.36. The first-order valence-corrected chi connectivity index (χ1v) is 4.76. The van der Waals surface area contributed by atoms with Crippen molar-refractivity contribution in [1.82, 2.24) is 4.90 Å². The highest BCUT2D eigenvalue weighted by Gasteiger charge is 2.18. The summed E-state index contributed by atoms with van der Waals surface area (Å²) in [6.45, 7) is -0.0356. The lowest BCUT2D eigenvalue weighted by Crippen LogP contribution is -2.32. The zero-order valence-electron chi connectivity index (χ0n) is 9.44. The minimum absolute atomic E-state index is 0.0356. The molecule has 0 saturated carbocycles. The monoisotopic (exact) mass is 241 g/mol. The Morgan fingerprint density at radius 3 is 2.65 bits per heavy atom. The standard InChI is InChI=1S/C11H12FNO4/c1-13(10(14)11(15)16)6-7-5-8(12)3-4-9(7)17-2/h3-5H,6H2,1-2H3,(H,15,16). The van der Waals surface area contributed by atoms with Crippen molar-refractivity contribution < 1.29 is 23.8 Å². The molecule has 92 valence electrons. The molecule has 0 fully saturated rings. The van der Waals surface area contributed by atoms with Crippen LogP contribution in [0.2, 0.25) is 0 Å². The van der Waals surface area contributed by atoms with Crippen LogP contribution in [0.3, 0.4) is 0 Å². The van der Waals surface area contributed by atoms with Gasteiger partial charge < -0.3 is 14.7 Å². The van der Waals surface area contributed by atoms with E-state index in [1.807, 2.05) is 0 Å². The summed E-state index contributed by atoms with van der Waals surface area (Å²) in [4.78, 5) is 22.6. The molecule has 17 heavy (non-hydrogen) atoms. The molecule has 6 heteroatoms. The minimum Gasteiger partial charge on any atom is -0.496 e. The molecule has 0 aliphatic carbocycles. The summed E-state index contributed by atoms with van der Waals surface area (Å²) in [6.07, 6.45) is 0. The first kappa shape index (κ1) is 13.0. The van der Waals surface area contributed by atoms with E-state index in [-0.39, 0.29) is 6.54 Å². The molecule has 0 heterocycles. The number of benzene rings is 1. The van der Waals surface area contributed by atoms with Crippen LogP contribution in [-0.2, 0) is 16.1 Å². The fourth-order valence-electron chi connectivity index (χ4n) is 1.36. The number of hydrogen-bond acceptors (Lipinski definition) is 3. The second-order valence-corrected chi connectivity index (χ2v) is 3.42. The molecule has 1 aromatic rings. The second-order valence-electron chi connectivity index (χ2n) is 3.42. The van der Waals surface area contributed by atoms with Crippen molar-refractivity contribution in [3.63, 3.8) is 0 Å². The van der Waals surface area contributed by atoms with Gasteiger partial charge in [-0.25, -0.2) is 9.18 Å². The van der Waals surface area contributed by atoms with Gasteiger partial charge in [-0.3, -0.25) is 4.79 Å². The summed E-state index contributed by atoms with van der Waals surface area (Å²) in [5, 5.41) is 8.51. The molecule has 0 spiro atoms. The third-order valence-electron chi connectivity index (χ3n) is 2.18. The summed E-state index contributed by atoms with van der Waals surface area (Å²) >= 11 is 0. The molecule has 0 bridgehead atoms. The van der Waals surface area contributed by atoms with Crippen molar-refractivity contribution in [2.45, 2.75) is 6.54 Å². The summed E-state index contributed by atoms with van der Waals surface area (Å²) in [7, 11) is 2.73. The van der Waals surface area contributed by atoms with E-state index in [0.29, 0.717) is 11.3 Å². The topological polar surface area (TPSA) is 66.8 Å². The zero-order valence-corrected chi connectivity index (χ0v) is 9.44. The van der Waals surface area contributed by atoms with E-state index in [1.165, 1.54) is 32.4 Å². The maximum atomic E-state index is 13.0. The van der Waals surface area contributed by atoms with Gasteiger partial charge in [-0.2, -0.15) is 0 Å². The number of methoxy groups -OCH3 is 1. The van der Waals surface area contributed by atoms with Crippen molar-refractivity contribution in [2.24, 2.45) is 0 Å². The van der Waals surface area contributed by atoms with Crippen LogP contribution in [-0.4, -0.2) is 36.0 Å². The Kier molecular flexibility index (Phi) is 4.03. The highest BCUT2D eigenvalue weighted by Crippen LogP contribution is 2.20. The zero-order chi connectivity index (χ0) is 13.0. The smallest absolute Gasteiger partial charge is 0.394 e. The maximum Gasteiger partial charge on any atom is 0.394 e. The van der Waals surface area contributed by atoms with E-state index in [4.69, 9.17) is 9.84 Å². The first-order valence-electron chi connectivity index (χ1n) is 4.76. The van der Waals surface area contributed by atoms with Gasteiger partial charge in [0.1, 0.15) is 11.6 Å². The summed E-state index contributed by atoms with van der Waals surface area (Å²) in [6, 6.07) is 3.84. The molecule has 0 aromatic heterocycles. The van der Waals surface area contributed by atoms with E-state index >= 15 is 0 Å². The second kappa shape index (κ2) is 5.29. The number of nitrogens with zero attached hydrogens (tertiary/aromatic N) is 1. The van der Waals surface area contributed by atoms with Crippen molar-refractivity contribution in [2.75, 3.05) is 14.2 Å². The Labute approximate surface area is 97.4 Å². The van der Waals surface area contributed by atoms with E-state index < -0.39 is 17.7 Å². The summed E-state index contributed by atoms with van der Waals surface area (Å²) in [5.74, 6) is -2.69. The molecule has 0 saturated heterocycles. The molecule has 1 N–H and O–H groups in total. The predicted octanol–water partition coefficient (Wildman–Crippen LogP) is 0.877. The molecule has 1 rings (SSSR count). The van der Waals surface area contributed by atoms with Crippen LogP contribution in [0.5, 0.6) is 5.75 Å². The average Bonchev–Trinajstić information content (AvgIpc) is 2.28. The number of carbonyl (C=O) groups is 2. The lowest BCUT2D eigenvalue weighted by molar-refractivity contribution is -0.155. The lowest BCUT2D eigenvalue weighted by Gasteiger charge is -2.16. The number of carboxylic acids is 1. The number of hydrogen-bond donors (Lipinski definition) is 1. The Morgan fingerprint density at radius 1 is 1.47 bits per heavy atom. The SMILES string of the molecule is COc1ccc(F)cc1CN(C)C(=O)C(=O)O. The van der Waals surface area contributed by atoms with Gasteiger partial charge in [0.25, 0.3) is 0 Å². The van der Waals surface area contributed by atoms with Crippen LogP contribution in [0.25, 0.3) is 0 Å². The van der Waals surface area contributed by atoms with Crippen LogP contribution in [0, 0.1) is 5.82 Å². The van der Waals surface area contributed by atoms with Gasteiger partial charge in [0.05, 0.1) is 7.11 Å². The van der Waals surface area contributed by atoms with E-state index in [1.54, 1.807) is 0 Å². The molecule has 5 nitrogen and oxygen atoms in total. The van der Waals surface area contributed by atoms with Crippen molar-refractivity contribution in [3.8, 4) is 5.75 Å². The summed E-state index contributed by atoms with van der Waals surface area (Å²) in [5.41, 5.74) is 0.407. The van der Waals surface area contributed by atoms with Gasteiger partial charge in [-0.1, -0.05) is 0 Å².